The van der Waals surface area contributed by atoms with E-state index < -0.39 is 15.8 Å². The van der Waals surface area contributed by atoms with Crippen molar-refractivity contribution in [3.8, 4) is 0 Å². The summed E-state index contributed by atoms with van der Waals surface area (Å²) in [6, 6.07) is 59.5. The Hall–Kier alpha value is -3.12. The third kappa shape index (κ3) is 9.96. The first-order valence-electron chi connectivity index (χ1n) is 16.8. The summed E-state index contributed by atoms with van der Waals surface area (Å²) in [5, 5.41) is 8.55. The molecule has 0 aromatic heterocycles. The molecule has 0 saturated heterocycles. The molecule has 1 atom stereocenters. The van der Waals surface area contributed by atoms with Crippen LogP contribution in [0.5, 0.6) is 0 Å². The molecule has 0 N–H and O–H groups in total. The Morgan fingerprint density at radius 1 is 0.604 bits per heavy atom. The van der Waals surface area contributed by atoms with E-state index in [4.69, 9.17) is 0 Å². The predicted octanol–water partition coefficient (Wildman–Crippen LogP) is 7.66. The molecule has 0 amide bonds. The van der Waals surface area contributed by atoms with Gasteiger partial charge in [-0.05, 0) is 44.7 Å². The molecule has 6 rings (SSSR count). The van der Waals surface area contributed by atoms with E-state index in [0.717, 1.165) is 26.2 Å². The van der Waals surface area contributed by atoms with Crippen molar-refractivity contribution < 1.29 is 17.1 Å². The van der Waals surface area contributed by atoms with E-state index in [2.05, 4.69) is 201 Å². The normalized spacial score (nSPS) is 11.8. The molecule has 0 aliphatic heterocycles. The standard InChI is InChI=1S/C26H34N2P.C17H14P.Fe/c1-5-28(6-2)21-20-27(4)22(3)25-18-13-19-26(25)29(23-14-9-7-10-15-23)24-16-11-8-12-17-24;1-3-9-15(10-4-1)18(17-13-7-8-14-17)16-11-5-2-6-12-16;/h7-19,22H,5-6,20-21H2,1-4H3;1-14H;/q-1;-5;. The van der Waals surface area contributed by atoms with Crippen LogP contribution in [0.4, 0.5) is 0 Å². The second kappa shape index (κ2) is 19.8. The second-order valence-electron chi connectivity index (χ2n) is 11.7. The van der Waals surface area contributed by atoms with Gasteiger partial charge in [0.05, 0.1) is 0 Å². The van der Waals surface area contributed by atoms with Gasteiger partial charge in [-0.3, -0.25) is 0 Å². The van der Waals surface area contributed by atoms with Crippen LogP contribution in [0, 0.1) is 0 Å². The minimum Gasteiger partial charge on any atom is -0.747 e. The zero-order chi connectivity index (χ0) is 32.8. The number of hydrogen-bond acceptors (Lipinski definition) is 2. The molecule has 0 radical (unpaired) electrons. The Balaban J connectivity index is 0.000000234. The van der Waals surface area contributed by atoms with Crippen LogP contribution < -0.4 is 31.8 Å². The molecule has 6 aromatic carbocycles. The van der Waals surface area contributed by atoms with Crippen molar-refractivity contribution in [2.24, 2.45) is 0 Å². The fourth-order valence-electron chi connectivity index (χ4n) is 5.95. The van der Waals surface area contributed by atoms with Crippen LogP contribution in [-0.2, 0) is 17.1 Å². The number of hydrogen-bond donors (Lipinski definition) is 0. The molecule has 0 spiro atoms. The Bertz CT molecular complexity index is 1610. The monoisotopic (exact) mass is 710 g/mol. The minimum atomic E-state index is -0.552. The van der Waals surface area contributed by atoms with E-state index in [1.165, 1.54) is 37.4 Å². The summed E-state index contributed by atoms with van der Waals surface area (Å²) in [4.78, 5) is 5.00. The molecule has 254 valence electrons. The first kappa shape index (κ1) is 37.7. The van der Waals surface area contributed by atoms with Crippen LogP contribution in [-0.4, -0.2) is 43.0 Å². The van der Waals surface area contributed by atoms with Crippen molar-refractivity contribution in [1.29, 1.82) is 0 Å². The molecule has 5 heteroatoms. The Kier molecular flexibility index (Phi) is 15.5. The van der Waals surface area contributed by atoms with Crippen molar-refractivity contribution in [3.63, 3.8) is 0 Å². The Morgan fingerprint density at radius 2 is 1.04 bits per heavy atom. The zero-order valence-electron chi connectivity index (χ0n) is 28.6. The smallest absolute Gasteiger partial charge is 0.0109 e. The maximum absolute atomic E-state index is 2.50. The average molecular weight is 711 g/mol. The van der Waals surface area contributed by atoms with E-state index >= 15 is 0 Å². The Labute approximate surface area is 302 Å². The van der Waals surface area contributed by atoms with Gasteiger partial charge in [0.2, 0.25) is 0 Å². The molecule has 0 aliphatic carbocycles. The van der Waals surface area contributed by atoms with Gasteiger partial charge in [0.15, 0.2) is 0 Å². The average Bonchev–Trinajstić information content (AvgIpc) is 3.84. The van der Waals surface area contributed by atoms with Crippen LogP contribution in [0.25, 0.3) is 0 Å². The molecule has 0 fully saturated rings. The molecule has 2 nitrogen and oxygen atoms in total. The van der Waals surface area contributed by atoms with Crippen LogP contribution in [0.1, 0.15) is 32.4 Å². The molecule has 0 saturated carbocycles. The van der Waals surface area contributed by atoms with Crippen molar-refractivity contribution in [2.45, 2.75) is 26.8 Å². The van der Waals surface area contributed by atoms with Crippen LogP contribution >= 0.6 is 15.8 Å². The van der Waals surface area contributed by atoms with E-state index in [1.807, 2.05) is 0 Å². The number of rotatable bonds is 13. The van der Waals surface area contributed by atoms with E-state index in [-0.39, 0.29) is 17.1 Å². The van der Waals surface area contributed by atoms with Crippen molar-refractivity contribution in [1.82, 2.24) is 9.80 Å². The summed E-state index contributed by atoms with van der Waals surface area (Å²) in [6.45, 7) is 11.3. The number of likely N-dealkylation sites (N-methyl/N-ethyl adjacent to an activating group) is 2. The predicted molar refractivity (Wildman–Crippen MR) is 210 cm³/mol. The summed E-state index contributed by atoms with van der Waals surface area (Å²) in [5.74, 6) is 0. The fourth-order valence-corrected chi connectivity index (χ4v) is 10.8. The van der Waals surface area contributed by atoms with Crippen molar-refractivity contribution >= 4 is 47.7 Å². The summed E-state index contributed by atoms with van der Waals surface area (Å²) < 4.78 is 0. The van der Waals surface area contributed by atoms with Gasteiger partial charge in [0.1, 0.15) is 0 Å². The van der Waals surface area contributed by atoms with Gasteiger partial charge in [0, 0.05) is 30.2 Å². The zero-order valence-corrected chi connectivity index (χ0v) is 31.5. The molecule has 1 unspecified atom stereocenters. The van der Waals surface area contributed by atoms with E-state index in [0.29, 0.717) is 6.04 Å². The molecular formula is C43H48FeN2P2-6. The third-order valence-electron chi connectivity index (χ3n) is 8.80. The van der Waals surface area contributed by atoms with Crippen molar-refractivity contribution in [3.05, 3.63) is 169 Å². The Morgan fingerprint density at radius 3 is 1.48 bits per heavy atom. The van der Waals surface area contributed by atoms with Gasteiger partial charge in [-0.2, -0.15) is 6.07 Å². The van der Waals surface area contributed by atoms with Gasteiger partial charge in [-0.15, -0.1) is 10.9 Å². The van der Waals surface area contributed by atoms with Crippen molar-refractivity contribution in [2.75, 3.05) is 33.2 Å². The summed E-state index contributed by atoms with van der Waals surface area (Å²) in [5.41, 5.74) is 1.46. The fraction of sp³-hybridized carbons (Fsp3) is 0.209. The third-order valence-corrected chi connectivity index (χ3v) is 13.8. The van der Waals surface area contributed by atoms with Gasteiger partial charge >= 0.3 is 0 Å². The summed E-state index contributed by atoms with van der Waals surface area (Å²) >= 11 is 0. The SMILES string of the molecule is CCN(CC)CCN(C)C(C)[c-]1cccc1P(c1ccccc1)c1ccccc1.[Fe].c1ccc(P(c2ccccc2)[c-]2[cH-][cH-][cH-][cH-]2)cc1. The van der Waals surface area contributed by atoms with E-state index in [1.54, 1.807) is 0 Å². The quantitative estimate of drug-likeness (QED) is 0.0691. The molecule has 48 heavy (non-hydrogen) atoms. The van der Waals surface area contributed by atoms with Crippen LogP contribution in [0.15, 0.2) is 164 Å². The second-order valence-corrected chi connectivity index (χ2v) is 16.1. The van der Waals surface area contributed by atoms with Gasteiger partial charge in [0.25, 0.3) is 0 Å². The summed E-state index contributed by atoms with van der Waals surface area (Å²) in [6.07, 6.45) is 0. The van der Waals surface area contributed by atoms with Crippen LogP contribution in [0.2, 0.25) is 0 Å². The first-order valence-corrected chi connectivity index (χ1v) is 19.5. The maximum atomic E-state index is 2.50. The maximum Gasteiger partial charge on any atom is 0.0109 e. The van der Waals surface area contributed by atoms with E-state index in [9.17, 15) is 0 Å². The topological polar surface area (TPSA) is 6.48 Å². The molecule has 6 aromatic rings. The minimum absolute atomic E-state index is 0. The van der Waals surface area contributed by atoms with Gasteiger partial charge < -0.3 is 39.4 Å². The van der Waals surface area contributed by atoms with Gasteiger partial charge in [-0.1, -0.05) is 153 Å². The molecular weight excluding hydrogens is 662 g/mol. The molecule has 0 bridgehead atoms. The summed E-state index contributed by atoms with van der Waals surface area (Å²) in [7, 11) is 1.30. The first-order chi connectivity index (χ1) is 23.1. The number of benzene rings is 4. The largest absolute Gasteiger partial charge is 0.747 e. The van der Waals surface area contributed by atoms with Gasteiger partial charge in [-0.25, -0.2) is 20.1 Å². The molecule has 0 heterocycles. The molecule has 0 aliphatic rings. The van der Waals surface area contributed by atoms with Crippen LogP contribution in [0.3, 0.4) is 0 Å². The number of nitrogens with zero attached hydrogens (tertiary/aromatic N) is 2.